The van der Waals surface area contributed by atoms with E-state index >= 15 is 0 Å². The Morgan fingerprint density at radius 1 is 1.19 bits per heavy atom. The molecule has 0 saturated carbocycles. The topological polar surface area (TPSA) is 82.6 Å². The van der Waals surface area contributed by atoms with Gasteiger partial charge in [-0.15, -0.1) is 0 Å². The molecule has 0 spiro atoms. The highest BCUT2D eigenvalue weighted by atomic mass is 16.2. The van der Waals surface area contributed by atoms with Gasteiger partial charge in [-0.25, -0.2) is 9.78 Å². The summed E-state index contributed by atoms with van der Waals surface area (Å²) in [5.41, 5.74) is 3.83. The molecule has 1 fully saturated rings. The van der Waals surface area contributed by atoms with Gasteiger partial charge in [-0.3, -0.25) is 14.5 Å². The zero-order valence-corrected chi connectivity index (χ0v) is 14.9. The number of carbonyl (C=O) groups excluding carboxylic acids is 3. The molecule has 1 aliphatic rings. The lowest BCUT2D eigenvalue weighted by atomic mass is 10.0. The van der Waals surface area contributed by atoms with Crippen molar-refractivity contribution in [1.29, 1.82) is 0 Å². The molecule has 1 aromatic heterocycles. The molecule has 1 N–H and O–H groups in total. The van der Waals surface area contributed by atoms with E-state index in [1.54, 1.807) is 6.07 Å². The predicted octanol–water partition coefficient (Wildman–Crippen LogP) is 2.20. The number of anilines is 1. The van der Waals surface area contributed by atoms with Crippen LogP contribution < -0.4 is 5.32 Å². The molecule has 2 aromatic rings. The van der Waals surface area contributed by atoms with Crippen LogP contribution in [0.3, 0.4) is 0 Å². The van der Waals surface area contributed by atoms with E-state index in [0.717, 1.165) is 27.3 Å². The number of hydrogen-bond acceptors (Lipinski definition) is 4. The molecule has 1 aromatic carbocycles. The lowest BCUT2D eigenvalue weighted by Gasteiger charge is -2.15. The lowest BCUT2D eigenvalue weighted by Crippen LogP contribution is -2.38. The van der Waals surface area contributed by atoms with Gasteiger partial charge in [0, 0.05) is 12.7 Å². The Labute approximate surface area is 151 Å². The van der Waals surface area contributed by atoms with Crippen LogP contribution in [0.5, 0.6) is 0 Å². The number of aryl methyl sites for hydroxylation is 1. The van der Waals surface area contributed by atoms with E-state index in [0.29, 0.717) is 5.82 Å². The normalized spacial score (nSPS) is 14.1. The van der Waals surface area contributed by atoms with Crippen LogP contribution in [-0.2, 0) is 9.59 Å². The SMILES string of the molecule is Cc1nc(NC(=O)CN2C(=O)CN(C)C2=O)cc(-c2ccccc2)c1C. The second-order valence-corrected chi connectivity index (χ2v) is 6.30. The van der Waals surface area contributed by atoms with Gasteiger partial charge in [0.1, 0.15) is 18.9 Å². The number of pyridine rings is 1. The molecule has 26 heavy (non-hydrogen) atoms. The molecule has 1 aliphatic heterocycles. The van der Waals surface area contributed by atoms with Crippen LogP contribution in [0, 0.1) is 13.8 Å². The van der Waals surface area contributed by atoms with Crippen molar-refractivity contribution in [3.63, 3.8) is 0 Å². The molecule has 0 radical (unpaired) electrons. The van der Waals surface area contributed by atoms with Gasteiger partial charge >= 0.3 is 6.03 Å². The number of aromatic nitrogens is 1. The Bertz CT molecular complexity index is 880. The third-order valence-corrected chi connectivity index (χ3v) is 4.40. The largest absolute Gasteiger partial charge is 0.327 e. The average Bonchev–Trinajstić information content (AvgIpc) is 2.85. The number of rotatable bonds is 4. The molecule has 2 heterocycles. The molecule has 0 aliphatic carbocycles. The molecular weight excluding hydrogens is 332 g/mol. The van der Waals surface area contributed by atoms with Crippen LogP contribution in [0.1, 0.15) is 11.3 Å². The van der Waals surface area contributed by atoms with E-state index in [1.165, 1.54) is 11.9 Å². The molecule has 1 saturated heterocycles. The minimum atomic E-state index is -0.469. The maximum absolute atomic E-state index is 12.3. The third kappa shape index (κ3) is 3.42. The van der Waals surface area contributed by atoms with Gasteiger partial charge in [0.25, 0.3) is 5.91 Å². The van der Waals surface area contributed by atoms with E-state index in [4.69, 9.17) is 0 Å². The summed E-state index contributed by atoms with van der Waals surface area (Å²) >= 11 is 0. The highest BCUT2D eigenvalue weighted by Crippen LogP contribution is 2.27. The van der Waals surface area contributed by atoms with Crippen LogP contribution in [0.15, 0.2) is 36.4 Å². The van der Waals surface area contributed by atoms with Crippen molar-refractivity contribution in [3.05, 3.63) is 47.7 Å². The molecular formula is C19H20N4O3. The van der Waals surface area contributed by atoms with Crippen LogP contribution in [-0.4, -0.2) is 52.8 Å². The number of nitrogens with one attached hydrogen (secondary N) is 1. The first-order chi connectivity index (χ1) is 12.4. The molecule has 0 bridgehead atoms. The number of benzene rings is 1. The van der Waals surface area contributed by atoms with Crippen LogP contribution in [0.25, 0.3) is 11.1 Å². The number of likely N-dealkylation sites (N-methyl/N-ethyl adjacent to an activating group) is 1. The van der Waals surface area contributed by atoms with E-state index in [1.807, 2.05) is 44.2 Å². The second-order valence-electron chi connectivity index (χ2n) is 6.30. The van der Waals surface area contributed by atoms with Gasteiger partial charge in [0.05, 0.1) is 0 Å². The maximum atomic E-state index is 12.3. The first-order valence-electron chi connectivity index (χ1n) is 8.26. The summed E-state index contributed by atoms with van der Waals surface area (Å²) in [6.07, 6.45) is 0. The standard InChI is InChI=1S/C19H20N4O3/c1-12-13(2)20-16(9-15(12)14-7-5-4-6-8-14)21-17(24)10-23-18(25)11-22(3)19(23)26/h4-9H,10-11H2,1-3H3,(H,20,21,24). The van der Waals surface area contributed by atoms with E-state index in [9.17, 15) is 14.4 Å². The average molecular weight is 352 g/mol. The van der Waals surface area contributed by atoms with Gasteiger partial charge in [-0.05, 0) is 36.6 Å². The highest BCUT2D eigenvalue weighted by molar-refractivity contribution is 6.06. The Kier molecular flexibility index (Phi) is 4.71. The maximum Gasteiger partial charge on any atom is 0.327 e. The molecule has 7 heteroatoms. The Morgan fingerprint density at radius 2 is 1.88 bits per heavy atom. The summed E-state index contributed by atoms with van der Waals surface area (Å²) in [5.74, 6) is -0.452. The fourth-order valence-corrected chi connectivity index (χ4v) is 2.87. The summed E-state index contributed by atoms with van der Waals surface area (Å²) < 4.78 is 0. The summed E-state index contributed by atoms with van der Waals surface area (Å²) in [4.78, 5) is 42.6. The van der Waals surface area contributed by atoms with Gasteiger partial charge in [0.15, 0.2) is 0 Å². The summed E-state index contributed by atoms with van der Waals surface area (Å²) in [6.45, 7) is 3.52. The first-order valence-corrected chi connectivity index (χ1v) is 8.26. The summed E-state index contributed by atoms with van der Waals surface area (Å²) in [6, 6.07) is 11.2. The Balaban J connectivity index is 1.80. The molecule has 4 amide bonds. The monoisotopic (exact) mass is 352 g/mol. The number of nitrogens with zero attached hydrogens (tertiary/aromatic N) is 3. The number of imide groups is 1. The van der Waals surface area contributed by atoms with Crippen molar-refractivity contribution in [2.75, 3.05) is 25.5 Å². The molecule has 0 atom stereocenters. The fraction of sp³-hybridized carbons (Fsp3) is 0.263. The van der Waals surface area contributed by atoms with Gasteiger partial charge in [0.2, 0.25) is 5.91 Å². The summed E-state index contributed by atoms with van der Waals surface area (Å²) in [7, 11) is 1.52. The van der Waals surface area contributed by atoms with Crippen molar-refractivity contribution in [2.24, 2.45) is 0 Å². The molecule has 134 valence electrons. The molecule has 3 rings (SSSR count). The van der Waals surface area contributed by atoms with E-state index in [-0.39, 0.29) is 19.0 Å². The predicted molar refractivity (Wildman–Crippen MR) is 97.5 cm³/mol. The van der Waals surface area contributed by atoms with Crippen molar-refractivity contribution in [1.82, 2.24) is 14.8 Å². The zero-order valence-electron chi connectivity index (χ0n) is 14.9. The number of carbonyl (C=O) groups is 3. The van der Waals surface area contributed by atoms with Crippen LogP contribution in [0.4, 0.5) is 10.6 Å². The Morgan fingerprint density at radius 3 is 2.50 bits per heavy atom. The zero-order chi connectivity index (χ0) is 18.8. The van der Waals surface area contributed by atoms with E-state index < -0.39 is 11.9 Å². The van der Waals surface area contributed by atoms with Gasteiger partial charge in [-0.2, -0.15) is 0 Å². The highest BCUT2D eigenvalue weighted by Gasteiger charge is 2.34. The third-order valence-electron chi connectivity index (χ3n) is 4.40. The number of urea groups is 1. The number of hydrogen-bond donors (Lipinski definition) is 1. The van der Waals surface area contributed by atoms with Crippen LogP contribution in [0.2, 0.25) is 0 Å². The molecule has 7 nitrogen and oxygen atoms in total. The van der Waals surface area contributed by atoms with Gasteiger partial charge in [-0.1, -0.05) is 30.3 Å². The number of amides is 4. The Hall–Kier alpha value is -3.22. The van der Waals surface area contributed by atoms with E-state index in [2.05, 4.69) is 10.3 Å². The van der Waals surface area contributed by atoms with Crippen molar-refractivity contribution < 1.29 is 14.4 Å². The molecule has 0 unspecified atom stereocenters. The minimum Gasteiger partial charge on any atom is -0.318 e. The quantitative estimate of drug-likeness (QED) is 0.855. The van der Waals surface area contributed by atoms with Crippen LogP contribution >= 0.6 is 0 Å². The minimum absolute atomic E-state index is 0.00778. The summed E-state index contributed by atoms with van der Waals surface area (Å²) in [5, 5.41) is 2.69. The van der Waals surface area contributed by atoms with Crippen molar-refractivity contribution in [2.45, 2.75) is 13.8 Å². The smallest absolute Gasteiger partial charge is 0.318 e. The second kappa shape index (κ2) is 6.95. The van der Waals surface area contributed by atoms with Crippen molar-refractivity contribution >= 4 is 23.7 Å². The lowest BCUT2D eigenvalue weighted by molar-refractivity contribution is -0.129. The first kappa shape index (κ1) is 17.6. The van der Waals surface area contributed by atoms with Gasteiger partial charge < -0.3 is 10.2 Å². The van der Waals surface area contributed by atoms with Crippen molar-refractivity contribution in [3.8, 4) is 11.1 Å². The fourth-order valence-electron chi connectivity index (χ4n) is 2.87.